The predicted octanol–water partition coefficient (Wildman–Crippen LogP) is 2.82. The SMILES string of the molecule is Cl.O=C(CCC1CCNCC1)Nc1cccc(-c2nnnn2C2CC2)c1. The van der Waals surface area contributed by atoms with Crippen molar-refractivity contribution < 1.29 is 4.79 Å². The molecule has 0 bridgehead atoms. The van der Waals surface area contributed by atoms with Crippen LogP contribution in [0, 0.1) is 5.92 Å². The standard InChI is InChI=1S/C18H24N6O.ClH/c25-17(7-4-13-8-10-19-11-9-13)20-15-3-1-2-14(12-15)18-21-22-23-24(18)16-5-6-16;/h1-3,12-13,16,19H,4-11H2,(H,20,25);1H. The van der Waals surface area contributed by atoms with Crippen LogP contribution in [0.2, 0.25) is 0 Å². The summed E-state index contributed by atoms with van der Waals surface area (Å²) in [6.07, 6.45) is 6.15. The van der Waals surface area contributed by atoms with Crippen LogP contribution in [-0.4, -0.2) is 39.2 Å². The molecule has 0 unspecified atom stereocenters. The third-order valence-corrected chi connectivity index (χ3v) is 5.03. The number of halogens is 1. The molecule has 1 amide bonds. The molecule has 0 atom stereocenters. The average Bonchev–Trinajstić information content (AvgIpc) is 3.37. The molecule has 2 aromatic rings. The van der Waals surface area contributed by atoms with Gasteiger partial charge in [-0.05, 0) is 73.7 Å². The van der Waals surface area contributed by atoms with E-state index in [1.807, 2.05) is 28.9 Å². The molecule has 140 valence electrons. The van der Waals surface area contributed by atoms with Gasteiger partial charge in [-0.1, -0.05) is 12.1 Å². The van der Waals surface area contributed by atoms with Crippen LogP contribution in [0.5, 0.6) is 0 Å². The van der Waals surface area contributed by atoms with Gasteiger partial charge in [0.05, 0.1) is 6.04 Å². The summed E-state index contributed by atoms with van der Waals surface area (Å²) < 4.78 is 1.89. The number of rotatable bonds is 6. The Morgan fingerprint density at radius 2 is 2.04 bits per heavy atom. The van der Waals surface area contributed by atoms with Gasteiger partial charge in [0, 0.05) is 17.7 Å². The highest BCUT2D eigenvalue weighted by Crippen LogP contribution is 2.36. The van der Waals surface area contributed by atoms with Gasteiger partial charge in [-0.25, -0.2) is 4.68 Å². The van der Waals surface area contributed by atoms with Gasteiger partial charge >= 0.3 is 0 Å². The van der Waals surface area contributed by atoms with Crippen LogP contribution in [0.1, 0.15) is 44.6 Å². The van der Waals surface area contributed by atoms with Crippen LogP contribution in [-0.2, 0) is 4.79 Å². The Balaban J connectivity index is 0.00000196. The molecule has 2 heterocycles. The van der Waals surface area contributed by atoms with Crippen molar-refractivity contribution in [3.8, 4) is 11.4 Å². The van der Waals surface area contributed by atoms with Crippen molar-refractivity contribution >= 4 is 24.0 Å². The van der Waals surface area contributed by atoms with E-state index in [1.165, 1.54) is 12.8 Å². The van der Waals surface area contributed by atoms with Crippen LogP contribution in [0.4, 0.5) is 5.69 Å². The molecule has 1 saturated heterocycles. The van der Waals surface area contributed by atoms with Crippen molar-refractivity contribution in [2.45, 2.75) is 44.6 Å². The number of hydrogen-bond donors (Lipinski definition) is 2. The van der Waals surface area contributed by atoms with Crippen LogP contribution in [0.15, 0.2) is 24.3 Å². The fraction of sp³-hybridized carbons (Fsp3) is 0.556. The first-order valence-corrected chi connectivity index (χ1v) is 9.18. The van der Waals surface area contributed by atoms with E-state index in [2.05, 4.69) is 26.2 Å². The topological polar surface area (TPSA) is 84.7 Å². The van der Waals surface area contributed by atoms with Gasteiger partial charge in [-0.3, -0.25) is 4.79 Å². The molecule has 4 rings (SSSR count). The monoisotopic (exact) mass is 376 g/mol. The molecule has 8 heteroatoms. The number of carbonyl (C=O) groups excluding carboxylic acids is 1. The lowest BCUT2D eigenvalue weighted by Gasteiger charge is -2.22. The lowest BCUT2D eigenvalue weighted by Crippen LogP contribution is -2.28. The van der Waals surface area contributed by atoms with Gasteiger partial charge in [0.25, 0.3) is 0 Å². The fourth-order valence-corrected chi connectivity index (χ4v) is 3.41. The smallest absolute Gasteiger partial charge is 0.224 e. The number of benzene rings is 1. The quantitative estimate of drug-likeness (QED) is 0.809. The van der Waals surface area contributed by atoms with Crippen molar-refractivity contribution in [3.63, 3.8) is 0 Å². The third kappa shape index (κ3) is 4.59. The molecule has 7 nitrogen and oxygen atoms in total. The summed E-state index contributed by atoms with van der Waals surface area (Å²) in [5.74, 6) is 1.52. The van der Waals surface area contributed by atoms with Crippen molar-refractivity contribution in [1.82, 2.24) is 25.5 Å². The molecule has 1 aliphatic carbocycles. The Morgan fingerprint density at radius 3 is 2.81 bits per heavy atom. The van der Waals surface area contributed by atoms with Gasteiger partial charge in [-0.15, -0.1) is 17.5 Å². The van der Waals surface area contributed by atoms with Crippen LogP contribution in [0.3, 0.4) is 0 Å². The Morgan fingerprint density at radius 1 is 1.23 bits per heavy atom. The highest BCUT2D eigenvalue weighted by Gasteiger charge is 2.28. The number of nitrogens with one attached hydrogen (secondary N) is 2. The first-order chi connectivity index (χ1) is 12.3. The van der Waals surface area contributed by atoms with Crippen LogP contribution < -0.4 is 10.6 Å². The van der Waals surface area contributed by atoms with Gasteiger partial charge in [0.1, 0.15) is 0 Å². The lowest BCUT2D eigenvalue weighted by atomic mass is 9.93. The molecule has 2 aliphatic rings. The Bertz CT molecular complexity index is 739. The van der Waals surface area contributed by atoms with E-state index in [9.17, 15) is 4.79 Å². The van der Waals surface area contributed by atoms with Crippen LogP contribution in [0.25, 0.3) is 11.4 Å². The van der Waals surface area contributed by atoms with Crippen molar-refractivity contribution in [3.05, 3.63) is 24.3 Å². The van der Waals surface area contributed by atoms with Crippen molar-refractivity contribution in [2.75, 3.05) is 18.4 Å². The summed E-state index contributed by atoms with van der Waals surface area (Å²) in [6, 6.07) is 8.21. The molecule has 1 aromatic heterocycles. The Hall–Kier alpha value is -1.99. The van der Waals surface area contributed by atoms with Crippen LogP contribution >= 0.6 is 12.4 Å². The second-order valence-electron chi connectivity index (χ2n) is 7.04. The van der Waals surface area contributed by atoms with Gasteiger partial charge in [0.15, 0.2) is 5.82 Å². The maximum absolute atomic E-state index is 12.3. The molecule has 1 saturated carbocycles. The molecule has 0 spiro atoms. The number of hydrogen-bond acceptors (Lipinski definition) is 5. The first kappa shape index (κ1) is 18.8. The lowest BCUT2D eigenvalue weighted by molar-refractivity contribution is -0.116. The predicted molar refractivity (Wildman–Crippen MR) is 102 cm³/mol. The van der Waals surface area contributed by atoms with E-state index in [4.69, 9.17) is 0 Å². The molecule has 0 radical (unpaired) electrons. The summed E-state index contributed by atoms with van der Waals surface area (Å²) in [5, 5.41) is 18.4. The highest BCUT2D eigenvalue weighted by atomic mass is 35.5. The Kier molecular flexibility index (Phi) is 6.21. The summed E-state index contributed by atoms with van der Waals surface area (Å²) in [5.41, 5.74) is 1.74. The largest absolute Gasteiger partial charge is 0.326 e. The molecule has 1 aromatic carbocycles. The number of amides is 1. The average molecular weight is 377 g/mol. The number of nitrogens with zero attached hydrogens (tertiary/aromatic N) is 4. The summed E-state index contributed by atoms with van der Waals surface area (Å²) in [6.45, 7) is 2.15. The maximum Gasteiger partial charge on any atom is 0.224 e. The fourth-order valence-electron chi connectivity index (χ4n) is 3.41. The second-order valence-corrected chi connectivity index (χ2v) is 7.04. The van der Waals surface area contributed by atoms with Gasteiger partial charge < -0.3 is 10.6 Å². The van der Waals surface area contributed by atoms with E-state index in [1.54, 1.807) is 0 Å². The minimum atomic E-state index is 0. The number of piperidine rings is 1. The molecular formula is C18H25ClN6O. The zero-order valence-corrected chi connectivity index (χ0v) is 15.5. The third-order valence-electron chi connectivity index (χ3n) is 5.03. The van der Waals surface area contributed by atoms with E-state index < -0.39 is 0 Å². The summed E-state index contributed by atoms with van der Waals surface area (Å²) in [4.78, 5) is 12.3. The minimum absolute atomic E-state index is 0. The van der Waals surface area contributed by atoms with E-state index >= 15 is 0 Å². The highest BCUT2D eigenvalue weighted by molar-refractivity contribution is 5.91. The summed E-state index contributed by atoms with van der Waals surface area (Å²) in [7, 11) is 0. The molecule has 1 aliphatic heterocycles. The van der Waals surface area contributed by atoms with E-state index in [0.29, 0.717) is 18.4 Å². The van der Waals surface area contributed by atoms with Crippen molar-refractivity contribution in [2.24, 2.45) is 5.92 Å². The molecule has 2 N–H and O–H groups in total. The second kappa shape index (κ2) is 8.60. The molecule has 26 heavy (non-hydrogen) atoms. The zero-order valence-electron chi connectivity index (χ0n) is 14.7. The van der Waals surface area contributed by atoms with E-state index in [-0.39, 0.29) is 18.3 Å². The maximum atomic E-state index is 12.3. The number of anilines is 1. The van der Waals surface area contributed by atoms with Crippen molar-refractivity contribution in [1.29, 1.82) is 0 Å². The zero-order chi connectivity index (χ0) is 17.1. The van der Waals surface area contributed by atoms with Gasteiger partial charge in [-0.2, -0.15) is 0 Å². The molecule has 2 fully saturated rings. The number of aromatic nitrogens is 4. The summed E-state index contributed by atoms with van der Waals surface area (Å²) >= 11 is 0. The number of carbonyl (C=O) groups is 1. The number of tetrazole rings is 1. The van der Waals surface area contributed by atoms with E-state index in [0.717, 1.165) is 49.4 Å². The van der Waals surface area contributed by atoms with Gasteiger partial charge in [0.2, 0.25) is 5.91 Å². The first-order valence-electron chi connectivity index (χ1n) is 9.18. The minimum Gasteiger partial charge on any atom is -0.326 e. The normalized spacial score (nSPS) is 17.5. The Labute approximate surface area is 159 Å². The molecular weight excluding hydrogens is 352 g/mol.